The average Bonchev–Trinajstić information content (AvgIpc) is 2.49. The van der Waals surface area contributed by atoms with Gasteiger partial charge in [0, 0.05) is 0 Å². The summed E-state index contributed by atoms with van der Waals surface area (Å²) in [6, 6.07) is 2.70. The Balaban J connectivity index is 2.12. The standard InChI is InChI=1S/C15H22N2O2/c18-11-14(7-3-1-4-8-14)16-13-17-15(12-19)9-5-2-6-10-15/h11-12H,1-10H2. The lowest BCUT2D eigenvalue weighted by atomic mass is 9.83. The number of hydrogen-bond donors (Lipinski definition) is 0. The molecule has 2 aliphatic rings. The van der Waals surface area contributed by atoms with Crippen molar-refractivity contribution >= 4 is 18.6 Å². The van der Waals surface area contributed by atoms with Crippen LogP contribution in [0.25, 0.3) is 0 Å². The molecule has 2 fully saturated rings. The molecule has 0 heterocycles. The molecule has 4 heteroatoms. The lowest BCUT2D eigenvalue weighted by molar-refractivity contribution is -0.113. The molecule has 2 rings (SSSR count). The molecule has 0 saturated heterocycles. The van der Waals surface area contributed by atoms with Crippen LogP contribution < -0.4 is 0 Å². The molecule has 0 bridgehead atoms. The van der Waals surface area contributed by atoms with E-state index in [1.807, 2.05) is 0 Å². The van der Waals surface area contributed by atoms with Crippen molar-refractivity contribution in [1.82, 2.24) is 0 Å². The maximum absolute atomic E-state index is 11.3. The summed E-state index contributed by atoms with van der Waals surface area (Å²) in [6.07, 6.45) is 11.5. The zero-order valence-electron chi connectivity index (χ0n) is 11.4. The van der Waals surface area contributed by atoms with E-state index < -0.39 is 11.1 Å². The fourth-order valence-corrected chi connectivity index (χ4v) is 3.06. The van der Waals surface area contributed by atoms with Crippen LogP contribution in [0.5, 0.6) is 0 Å². The molecule has 0 spiro atoms. The highest BCUT2D eigenvalue weighted by Crippen LogP contribution is 2.31. The van der Waals surface area contributed by atoms with E-state index in [4.69, 9.17) is 0 Å². The van der Waals surface area contributed by atoms with Gasteiger partial charge in [-0.1, -0.05) is 38.5 Å². The molecule has 0 N–H and O–H groups in total. The smallest absolute Gasteiger partial charge is 0.148 e. The number of rotatable bonds is 4. The molecule has 4 nitrogen and oxygen atoms in total. The maximum atomic E-state index is 11.3. The SMILES string of the molecule is O=CC1(N=C=NC2(C=O)CCCCC2)CCCCC1. The van der Waals surface area contributed by atoms with Crippen LogP contribution in [0.15, 0.2) is 9.98 Å². The Labute approximate surface area is 114 Å². The normalized spacial score (nSPS) is 24.8. The number of aliphatic imine (C=N–C) groups is 2. The molecule has 0 unspecified atom stereocenters. The summed E-state index contributed by atoms with van der Waals surface area (Å²) in [5, 5.41) is 0. The van der Waals surface area contributed by atoms with Crippen LogP contribution in [0.1, 0.15) is 64.2 Å². The molecule has 0 aromatic heterocycles. The maximum Gasteiger partial charge on any atom is 0.148 e. The van der Waals surface area contributed by atoms with Gasteiger partial charge in [-0.25, -0.2) is 9.98 Å². The highest BCUT2D eigenvalue weighted by atomic mass is 16.1. The summed E-state index contributed by atoms with van der Waals surface area (Å²) in [5.74, 6) is 0. The van der Waals surface area contributed by atoms with E-state index in [9.17, 15) is 9.59 Å². The summed E-state index contributed by atoms with van der Waals surface area (Å²) >= 11 is 0. The molecule has 0 amide bonds. The minimum absolute atomic E-state index is 0.625. The largest absolute Gasteiger partial charge is 0.301 e. The molecule has 19 heavy (non-hydrogen) atoms. The first-order chi connectivity index (χ1) is 9.24. The lowest BCUT2D eigenvalue weighted by Gasteiger charge is -2.27. The monoisotopic (exact) mass is 262 g/mol. The Morgan fingerprint density at radius 1 is 0.684 bits per heavy atom. The van der Waals surface area contributed by atoms with Gasteiger partial charge in [0.1, 0.15) is 23.7 Å². The summed E-state index contributed by atoms with van der Waals surface area (Å²) in [4.78, 5) is 31.1. The van der Waals surface area contributed by atoms with Gasteiger partial charge in [-0.2, -0.15) is 0 Å². The fraction of sp³-hybridized carbons (Fsp3) is 0.800. The van der Waals surface area contributed by atoms with Crippen molar-refractivity contribution in [1.29, 1.82) is 0 Å². The van der Waals surface area contributed by atoms with E-state index in [0.29, 0.717) is 0 Å². The molecule has 2 saturated carbocycles. The Kier molecular flexibility index (Phi) is 4.65. The van der Waals surface area contributed by atoms with E-state index in [2.05, 4.69) is 16.0 Å². The number of carbonyl (C=O) groups is 2. The summed E-state index contributed by atoms with van der Waals surface area (Å²) in [6.45, 7) is 0. The van der Waals surface area contributed by atoms with E-state index in [0.717, 1.165) is 63.9 Å². The first kappa shape index (κ1) is 14.1. The molecule has 0 atom stereocenters. The highest BCUT2D eigenvalue weighted by Gasteiger charge is 2.32. The predicted molar refractivity (Wildman–Crippen MR) is 73.6 cm³/mol. The van der Waals surface area contributed by atoms with Gasteiger partial charge in [-0.05, 0) is 25.7 Å². The van der Waals surface area contributed by atoms with Crippen molar-refractivity contribution in [2.24, 2.45) is 9.98 Å². The minimum Gasteiger partial charge on any atom is -0.301 e. The van der Waals surface area contributed by atoms with Gasteiger partial charge in [-0.3, -0.25) is 0 Å². The van der Waals surface area contributed by atoms with Crippen LogP contribution in [0.4, 0.5) is 0 Å². The predicted octanol–water partition coefficient (Wildman–Crippen LogP) is 2.96. The van der Waals surface area contributed by atoms with Crippen molar-refractivity contribution in [2.45, 2.75) is 75.3 Å². The quantitative estimate of drug-likeness (QED) is 0.577. The molecule has 0 radical (unpaired) electrons. The third kappa shape index (κ3) is 3.38. The molecule has 2 aliphatic carbocycles. The van der Waals surface area contributed by atoms with Gasteiger partial charge in [0.2, 0.25) is 0 Å². The van der Waals surface area contributed by atoms with Crippen molar-refractivity contribution in [2.75, 3.05) is 0 Å². The second-order valence-corrected chi connectivity index (χ2v) is 5.89. The summed E-state index contributed by atoms with van der Waals surface area (Å²) in [5.41, 5.74) is -1.25. The summed E-state index contributed by atoms with van der Waals surface area (Å²) in [7, 11) is 0. The lowest BCUT2D eigenvalue weighted by Crippen LogP contribution is -2.32. The van der Waals surface area contributed by atoms with Crippen molar-refractivity contribution < 1.29 is 9.59 Å². The zero-order chi connectivity index (χ0) is 13.6. The number of hydrogen-bond acceptors (Lipinski definition) is 4. The van der Waals surface area contributed by atoms with Gasteiger partial charge < -0.3 is 9.59 Å². The Morgan fingerprint density at radius 3 is 1.37 bits per heavy atom. The van der Waals surface area contributed by atoms with Crippen LogP contribution in [-0.2, 0) is 9.59 Å². The molecular formula is C15H22N2O2. The van der Waals surface area contributed by atoms with E-state index in [1.165, 1.54) is 12.8 Å². The molecule has 0 aromatic carbocycles. The van der Waals surface area contributed by atoms with Crippen LogP contribution in [0.2, 0.25) is 0 Å². The van der Waals surface area contributed by atoms with Gasteiger partial charge >= 0.3 is 0 Å². The minimum atomic E-state index is -0.625. The molecule has 0 aliphatic heterocycles. The summed E-state index contributed by atoms with van der Waals surface area (Å²) < 4.78 is 0. The number of carbonyl (C=O) groups excluding carboxylic acids is 2. The molecule has 104 valence electrons. The Morgan fingerprint density at radius 2 is 1.05 bits per heavy atom. The van der Waals surface area contributed by atoms with Crippen LogP contribution >= 0.6 is 0 Å². The van der Waals surface area contributed by atoms with Crippen molar-refractivity contribution in [3.63, 3.8) is 0 Å². The second kappa shape index (κ2) is 6.25. The third-order valence-corrected chi connectivity index (χ3v) is 4.42. The van der Waals surface area contributed by atoms with Gasteiger partial charge in [0.25, 0.3) is 0 Å². The van der Waals surface area contributed by atoms with E-state index in [-0.39, 0.29) is 0 Å². The second-order valence-electron chi connectivity index (χ2n) is 5.89. The van der Waals surface area contributed by atoms with Gasteiger partial charge in [0.05, 0.1) is 6.01 Å². The number of nitrogens with zero attached hydrogens (tertiary/aromatic N) is 2. The zero-order valence-corrected chi connectivity index (χ0v) is 11.4. The average molecular weight is 262 g/mol. The van der Waals surface area contributed by atoms with Crippen molar-refractivity contribution in [3.05, 3.63) is 0 Å². The van der Waals surface area contributed by atoms with Crippen LogP contribution in [0.3, 0.4) is 0 Å². The van der Waals surface area contributed by atoms with Crippen molar-refractivity contribution in [3.8, 4) is 0 Å². The third-order valence-electron chi connectivity index (χ3n) is 4.42. The highest BCUT2D eigenvalue weighted by molar-refractivity contribution is 5.70. The molecular weight excluding hydrogens is 240 g/mol. The first-order valence-electron chi connectivity index (χ1n) is 7.36. The van der Waals surface area contributed by atoms with Crippen LogP contribution in [-0.4, -0.2) is 29.7 Å². The van der Waals surface area contributed by atoms with E-state index in [1.54, 1.807) is 0 Å². The topological polar surface area (TPSA) is 58.9 Å². The Hall–Kier alpha value is -1.28. The van der Waals surface area contributed by atoms with Gasteiger partial charge in [0.15, 0.2) is 0 Å². The molecule has 0 aromatic rings. The van der Waals surface area contributed by atoms with E-state index >= 15 is 0 Å². The van der Waals surface area contributed by atoms with Gasteiger partial charge in [-0.15, -0.1) is 0 Å². The number of aldehydes is 2. The first-order valence-corrected chi connectivity index (χ1v) is 7.36. The Bertz CT molecular complexity index is 351. The van der Waals surface area contributed by atoms with Crippen LogP contribution in [0, 0.1) is 0 Å². The fourth-order valence-electron chi connectivity index (χ4n) is 3.06.